The number of amidine groups is 1. The molecule has 7 nitrogen and oxygen atoms in total. The summed E-state index contributed by atoms with van der Waals surface area (Å²) >= 11 is 0. The largest absolute Gasteiger partial charge is 0.490 e. The molecular weight excluding hydrogens is 514 g/mol. The number of aliphatic carboxylic acids is 1. The number of hydrogen-bond acceptors (Lipinski definition) is 6. The van der Waals surface area contributed by atoms with Gasteiger partial charge in [-0.1, -0.05) is 30.3 Å². The summed E-state index contributed by atoms with van der Waals surface area (Å²) in [5.74, 6) is -2.44. The first-order chi connectivity index (χ1) is 18.6. The minimum Gasteiger partial charge on any atom is -0.475 e. The van der Waals surface area contributed by atoms with E-state index in [1.807, 2.05) is 42.6 Å². The van der Waals surface area contributed by atoms with Crippen molar-refractivity contribution in [2.75, 3.05) is 0 Å². The van der Waals surface area contributed by atoms with Crippen molar-refractivity contribution in [3.8, 4) is 11.3 Å². The Hall–Kier alpha value is -4.67. The van der Waals surface area contributed by atoms with Crippen molar-refractivity contribution in [1.29, 1.82) is 0 Å². The van der Waals surface area contributed by atoms with Crippen molar-refractivity contribution in [3.63, 3.8) is 0 Å². The molecule has 1 unspecified atom stereocenters. The number of nitrogens with zero attached hydrogens (tertiary/aromatic N) is 4. The van der Waals surface area contributed by atoms with Crippen molar-refractivity contribution < 1.29 is 27.5 Å². The number of aliphatic imine (C=N–C) groups is 1. The number of halogens is 4. The highest BCUT2D eigenvalue weighted by atomic mass is 19.4. The van der Waals surface area contributed by atoms with E-state index in [1.165, 1.54) is 6.07 Å². The van der Waals surface area contributed by atoms with E-state index in [0.717, 1.165) is 46.5 Å². The van der Waals surface area contributed by atoms with Crippen LogP contribution in [0.1, 0.15) is 46.7 Å². The molecule has 0 saturated heterocycles. The van der Waals surface area contributed by atoms with Crippen LogP contribution in [-0.2, 0) is 10.3 Å². The highest BCUT2D eigenvalue weighted by Crippen LogP contribution is 2.48. The standard InChI is InChI=1S/C26H20FN5.C2HF3O2/c27-21-6-2-5-20-24(21)25(28)32-26(20,19-9-10-30-22(14-19)16-7-8-16)18-4-1-3-17(13-18)23-15-29-11-12-31-23;3-2(4,5)1(6)7/h1-6,9-16H,7-8H2,(H2,28,32);(H,6,7). The van der Waals surface area contributed by atoms with E-state index in [2.05, 4.69) is 21.0 Å². The normalized spacial score (nSPS) is 18.0. The number of nitrogens with two attached hydrogens (primary N) is 1. The number of fused-ring (bicyclic) bond motifs is 1. The molecule has 0 bridgehead atoms. The molecule has 3 N–H and O–H groups in total. The third-order valence-electron chi connectivity index (χ3n) is 6.52. The fraction of sp³-hybridized carbons (Fsp3) is 0.179. The quantitative estimate of drug-likeness (QED) is 0.347. The van der Waals surface area contributed by atoms with E-state index in [9.17, 15) is 17.6 Å². The molecule has 11 heteroatoms. The molecule has 1 atom stereocenters. The lowest BCUT2D eigenvalue weighted by molar-refractivity contribution is -0.192. The van der Waals surface area contributed by atoms with Gasteiger partial charge in [0.1, 0.15) is 17.2 Å². The summed E-state index contributed by atoms with van der Waals surface area (Å²) in [5.41, 5.74) is 11.0. The van der Waals surface area contributed by atoms with Gasteiger partial charge in [-0.2, -0.15) is 13.2 Å². The van der Waals surface area contributed by atoms with Crippen LogP contribution in [0.3, 0.4) is 0 Å². The average Bonchev–Trinajstić information content (AvgIpc) is 3.73. The summed E-state index contributed by atoms with van der Waals surface area (Å²) < 4.78 is 46.6. The van der Waals surface area contributed by atoms with Gasteiger partial charge in [0.25, 0.3) is 0 Å². The summed E-state index contributed by atoms with van der Waals surface area (Å²) in [6.45, 7) is 0. The summed E-state index contributed by atoms with van der Waals surface area (Å²) in [7, 11) is 0. The molecule has 2 aromatic heterocycles. The van der Waals surface area contributed by atoms with E-state index < -0.39 is 17.7 Å². The maximum Gasteiger partial charge on any atom is 0.490 e. The van der Waals surface area contributed by atoms with Gasteiger partial charge < -0.3 is 10.8 Å². The number of carboxylic acid groups (broad SMARTS) is 1. The zero-order chi connectivity index (χ0) is 27.8. The molecule has 6 rings (SSSR count). The van der Waals surface area contributed by atoms with Crippen molar-refractivity contribution >= 4 is 11.8 Å². The van der Waals surface area contributed by atoms with Gasteiger partial charge in [-0.15, -0.1) is 0 Å². The van der Waals surface area contributed by atoms with Crippen LogP contribution in [0.4, 0.5) is 17.6 Å². The molecule has 0 radical (unpaired) electrons. The number of carboxylic acids is 1. The minimum absolute atomic E-state index is 0.202. The smallest absolute Gasteiger partial charge is 0.475 e. The highest BCUT2D eigenvalue weighted by molar-refractivity contribution is 6.03. The minimum atomic E-state index is -5.08. The second kappa shape index (κ2) is 9.90. The third-order valence-corrected chi connectivity index (χ3v) is 6.52. The molecule has 0 spiro atoms. The number of carbonyl (C=O) groups is 1. The lowest BCUT2D eigenvalue weighted by atomic mass is 9.77. The Kier molecular flexibility index (Phi) is 6.59. The first-order valence-corrected chi connectivity index (χ1v) is 11.9. The number of benzene rings is 2. The molecule has 3 heterocycles. The van der Waals surface area contributed by atoms with Crippen molar-refractivity contribution in [1.82, 2.24) is 15.0 Å². The van der Waals surface area contributed by atoms with E-state index in [4.69, 9.17) is 20.6 Å². The molecule has 2 aliphatic rings. The van der Waals surface area contributed by atoms with E-state index >= 15 is 0 Å². The number of hydrogen-bond donors (Lipinski definition) is 2. The van der Waals surface area contributed by atoms with Crippen molar-refractivity contribution in [2.24, 2.45) is 10.7 Å². The summed E-state index contributed by atoms with van der Waals surface area (Å²) in [6, 6.07) is 17.1. The Morgan fingerprint density at radius 1 is 0.974 bits per heavy atom. The van der Waals surface area contributed by atoms with Gasteiger partial charge in [0.2, 0.25) is 0 Å². The van der Waals surface area contributed by atoms with Crippen LogP contribution in [0.25, 0.3) is 11.3 Å². The highest BCUT2D eigenvalue weighted by Gasteiger charge is 2.45. The third kappa shape index (κ3) is 4.95. The number of alkyl halides is 3. The first kappa shape index (κ1) is 26.0. The van der Waals surface area contributed by atoms with Crippen LogP contribution in [0.15, 0.2) is 84.4 Å². The molecule has 1 aliphatic heterocycles. The predicted octanol–water partition coefficient (Wildman–Crippen LogP) is 5.20. The van der Waals surface area contributed by atoms with Gasteiger partial charge in [-0.3, -0.25) is 15.0 Å². The van der Waals surface area contributed by atoms with Crippen LogP contribution < -0.4 is 5.73 Å². The maximum absolute atomic E-state index is 14.9. The molecule has 0 amide bonds. The zero-order valence-corrected chi connectivity index (χ0v) is 20.2. The topological polar surface area (TPSA) is 114 Å². The fourth-order valence-corrected chi connectivity index (χ4v) is 4.62. The molecule has 198 valence electrons. The fourth-order valence-electron chi connectivity index (χ4n) is 4.62. The molecule has 39 heavy (non-hydrogen) atoms. The molecule has 4 aromatic rings. The lowest BCUT2D eigenvalue weighted by Crippen LogP contribution is -2.26. The van der Waals surface area contributed by atoms with E-state index in [0.29, 0.717) is 11.5 Å². The second-order valence-corrected chi connectivity index (χ2v) is 9.09. The van der Waals surface area contributed by atoms with Crippen LogP contribution in [0.2, 0.25) is 0 Å². The van der Waals surface area contributed by atoms with Crippen molar-refractivity contribution in [3.05, 3.63) is 113 Å². The lowest BCUT2D eigenvalue weighted by Gasteiger charge is -2.30. The Morgan fingerprint density at radius 3 is 2.36 bits per heavy atom. The average molecular weight is 536 g/mol. The summed E-state index contributed by atoms with van der Waals surface area (Å²) in [5, 5.41) is 7.12. The first-order valence-electron chi connectivity index (χ1n) is 11.9. The van der Waals surface area contributed by atoms with Gasteiger partial charge in [-0.25, -0.2) is 14.2 Å². The summed E-state index contributed by atoms with van der Waals surface area (Å²) in [4.78, 5) is 27.0. The van der Waals surface area contributed by atoms with E-state index in [1.54, 1.807) is 24.7 Å². The monoisotopic (exact) mass is 535 g/mol. The Bertz CT molecular complexity index is 1570. The Morgan fingerprint density at radius 2 is 1.69 bits per heavy atom. The Balaban J connectivity index is 0.000000392. The van der Waals surface area contributed by atoms with Crippen LogP contribution >= 0.6 is 0 Å². The maximum atomic E-state index is 14.9. The van der Waals surface area contributed by atoms with Gasteiger partial charge in [-0.05, 0) is 48.2 Å². The van der Waals surface area contributed by atoms with Crippen LogP contribution in [0, 0.1) is 5.82 Å². The zero-order valence-electron chi connectivity index (χ0n) is 20.2. The molecule has 1 saturated carbocycles. The second-order valence-electron chi connectivity index (χ2n) is 9.09. The van der Waals surface area contributed by atoms with Crippen molar-refractivity contribution in [2.45, 2.75) is 30.5 Å². The SMILES string of the molecule is NC1=NC(c2cccc(-c3cnccn3)c2)(c2ccnc(C3CC3)c2)c2cccc(F)c21.O=C(O)C(F)(F)F. The number of pyridine rings is 1. The van der Waals surface area contributed by atoms with Gasteiger partial charge >= 0.3 is 12.1 Å². The number of aromatic nitrogens is 3. The van der Waals surface area contributed by atoms with E-state index in [-0.39, 0.29) is 11.7 Å². The number of rotatable bonds is 4. The molecule has 1 fully saturated rings. The van der Waals surface area contributed by atoms with Crippen LogP contribution in [-0.4, -0.2) is 38.0 Å². The van der Waals surface area contributed by atoms with Gasteiger partial charge in [0.05, 0.1) is 17.5 Å². The molecule has 2 aromatic carbocycles. The molecular formula is C28H21F4N5O2. The molecule has 1 aliphatic carbocycles. The Labute approximate surface area is 220 Å². The van der Waals surface area contributed by atoms with Crippen LogP contribution in [0.5, 0.6) is 0 Å². The predicted molar refractivity (Wildman–Crippen MR) is 134 cm³/mol. The van der Waals surface area contributed by atoms with Gasteiger partial charge in [0.15, 0.2) is 0 Å². The summed E-state index contributed by atoms with van der Waals surface area (Å²) in [6.07, 6.45) is 4.05. The van der Waals surface area contributed by atoms with Gasteiger partial charge in [0, 0.05) is 41.3 Å².